The summed E-state index contributed by atoms with van der Waals surface area (Å²) in [7, 11) is 0. The molecule has 0 bridgehead atoms. The van der Waals surface area contributed by atoms with Gasteiger partial charge in [0, 0.05) is 17.5 Å². The molecule has 2 rings (SSSR count). The Morgan fingerprint density at radius 2 is 1.48 bits per heavy atom. The van der Waals surface area contributed by atoms with Crippen LogP contribution in [0.25, 0.3) is 11.1 Å². The van der Waals surface area contributed by atoms with Crippen LogP contribution in [0.1, 0.15) is 51.1 Å². The number of hydrogen-bond acceptors (Lipinski definition) is 2. The molecular formula is C20H24F3NO. The standard InChI is InChI=1S/C20H24F3NO/c1-2-3-4-5-6-7-8-18-12-9-17(15-24-18)16-10-13-19(14-11-16)25-20(21,22)23/h9-15H,2-8H2,1H3. The zero-order valence-corrected chi connectivity index (χ0v) is 14.5. The first-order valence-electron chi connectivity index (χ1n) is 8.79. The van der Waals surface area contributed by atoms with Crippen LogP contribution in [-0.4, -0.2) is 11.3 Å². The van der Waals surface area contributed by atoms with Gasteiger partial charge in [0.05, 0.1) is 0 Å². The summed E-state index contributed by atoms with van der Waals surface area (Å²) < 4.78 is 40.4. The Hall–Kier alpha value is -2.04. The maximum absolute atomic E-state index is 12.2. The predicted molar refractivity (Wildman–Crippen MR) is 93.4 cm³/mol. The molecule has 0 amide bonds. The molecule has 1 aromatic heterocycles. The van der Waals surface area contributed by atoms with Gasteiger partial charge in [-0.25, -0.2) is 0 Å². The molecule has 25 heavy (non-hydrogen) atoms. The first-order chi connectivity index (χ1) is 12.0. The Morgan fingerprint density at radius 1 is 0.840 bits per heavy atom. The third-order valence-corrected chi connectivity index (χ3v) is 4.03. The van der Waals surface area contributed by atoms with Crippen LogP contribution >= 0.6 is 0 Å². The number of rotatable bonds is 9. The number of halogens is 3. The Bertz CT molecular complexity index is 621. The fourth-order valence-corrected chi connectivity index (χ4v) is 2.68. The lowest BCUT2D eigenvalue weighted by Gasteiger charge is -2.09. The van der Waals surface area contributed by atoms with Crippen LogP contribution in [0.2, 0.25) is 0 Å². The summed E-state index contributed by atoms with van der Waals surface area (Å²) in [6, 6.07) is 9.78. The highest BCUT2D eigenvalue weighted by Crippen LogP contribution is 2.26. The Balaban J connectivity index is 1.85. The van der Waals surface area contributed by atoms with Gasteiger partial charge in [0.2, 0.25) is 0 Å². The van der Waals surface area contributed by atoms with Crippen LogP contribution in [0.15, 0.2) is 42.6 Å². The number of alkyl halides is 3. The van der Waals surface area contributed by atoms with E-state index in [0.29, 0.717) is 0 Å². The van der Waals surface area contributed by atoms with Gasteiger partial charge in [0.15, 0.2) is 0 Å². The van der Waals surface area contributed by atoms with Gasteiger partial charge in [-0.3, -0.25) is 4.98 Å². The van der Waals surface area contributed by atoms with Gasteiger partial charge >= 0.3 is 6.36 Å². The van der Waals surface area contributed by atoms with Crippen LogP contribution in [0.4, 0.5) is 13.2 Å². The van der Waals surface area contributed by atoms with E-state index >= 15 is 0 Å². The molecule has 2 aromatic rings. The second-order valence-corrected chi connectivity index (χ2v) is 6.13. The maximum atomic E-state index is 12.2. The Kier molecular flexibility index (Phi) is 7.29. The molecule has 1 heterocycles. The molecule has 0 N–H and O–H groups in total. The normalized spacial score (nSPS) is 11.5. The topological polar surface area (TPSA) is 22.1 Å². The quantitative estimate of drug-likeness (QED) is 0.478. The Morgan fingerprint density at radius 3 is 2.08 bits per heavy atom. The number of unbranched alkanes of at least 4 members (excludes halogenated alkanes) is 5. The number of aromatic nitrogens is 1. The van der Waals surface area contributed by atoms with Crippen molar-refractivity contribution in [3.63, 3.8) is 0 Å². The van der Waals surface area contributed by atoms with Gasteiger partial charge < -0.3 is 4.74 Å². The highest BCUT2D eigenvalue weighted by molar-refractivity contribution is 5.63. The number of nitrogens with zero attached hydrogens (tertiary/aromatic N) is 1. The first kappa shape index (κ1) is 19.3. The van der Waals surface area contributed by atoms with Gasteiger partial charge in [0.1, 0.15) is 5.75 Å². The van der Waals surface area contributed by atoms with Gasteiger partial charge in [0.25, 0.3) is 0 Å². The summed E-state index contributed by atoms with van der Waals surface area (Å²) in [6.07, 6.45) is 5.57. The number of hydrogen-bond donors (Lipinski definition) is 0. The minimum Gasteiger partial charge on any atom is -0.406 e. The highest BCUT2D eigenvalue weighted by Gasteiger charge is 2.30. The van der Waals surface area contributed by atoms with Crippen LogP contribution in [0.3, 0.4) is 0 Å². The molecule has 0 saturated heterocycles. The zero-order valence-electron chi connectivity index (χ0n) is 14.5. The van der Waals surface area contributed by atoms with E-state index in [-0.39, 0.29) is 5.75 Å². The minimum absolute atomic E-state index is 0.219. The van der Waals surface area contributed by atoms with Crippen molar-refractivity contribution in [1.82, 2.24) is 4.98 Å². The minimum atomic E-state index is -4.67. The van der Waals surface area contributed by atoms with Gasteiger partial charge in [-0.05, 0) is 36.6 Å². The zero-order chi connectivity index (χ0) is 18.1. The molecule has 5 heteroatoms. The van der Waals surface area contributed by atoms with E-state index in [1.807, 2.05) is 12.1 Å². The maximum Gasteiger partial charge on any atom is 0.573 e. The molecule has 0 unspecified atom stereocenters. The molecule has 0 spiro atoms. The van der Waals surface area contributed by atoms with E-state index in [1.54, 1.807) is 18.3 Å². The Labute approximate surface area is 147 Å². The van der Waals surface area contributed by atoms with Crippen LogP contribution in [0, 0.1) is 0 Å². The molecule has 136 valence electrons. The van der Waals surface area contributed by atoms with E-state index in [0.717, 1.165) is 29.7 Å². The lowest BCUT2D eigenvalue weighted by Crippen LogP contribution is -2.16. The van der Waals surface area contributed by atoms with Gasteiger partial charge in [-0.15, -0.1) is 13.2 Å². The molecule has 0 atom stereocenters. The van der Waals surface area contributed by atoms with Crippen molar-refractivity contribution in [1.29, 1.82) is 0 Å². The molecule has 1 aromatic carbocycles. The molecule has 0 radical (unpaired) electrons. The van der Waals surface area contributed by atoms with E-state index in [9.17, 15) is 13.2 Å². The SMILES string of the molecule is CCCCCCCCc1ccc(-c2ccc(OC(F)(F)F)cc2)cn1. The third-order valence-electron chi connectivity index (χ3n) is 4.03. The summed E-state index contributed by atoms with van der Waals surface area (Å²) >= 11 is 0. The monoisotopic (exact) mass is 351 g/mol. The number of benzene rings is 1. The lowest BCUT2D eigenvalue weighted by atomic mass is 10.1. The smallest absolute Gasteiger partial charge is 0.406 e. The van der Waals surface area contributed by atoms with Gasteiger partial charge in [-0.1, -0.05) is 57.2 Å². The van der Waals surface area contributed by atoms with Crippen molar-refractivity contribution in [3.8, 4) is 16.9 Å². The molecule has 0 aliphatic rings. The number of ether oxygens (including phenoxy) is 1. The van der Waals surface area contributed by atoms with Gasteiger partial charge in [-0.2, -0.15) is 0 Å². The average Bonchev–Trinajstić information content (AvgIpc) is 2.58. The van der Waals surface area contributed by atoms with Crippen molar-refractivity contribution in [3.05, 3.63) is 48.3 Å². The van der Waals surface area contributed by atoms with Crippen molar-refractivity contribution >= 4 is 0 Å². The molecule has 0 aliphatic heterocycles. The number of pyridine rings is 1. The van der Waals surface area contributed by atoms with E-state index in [4.69, 9.17) is 0 Å². The summed E-state index contributed by atoms with van der Waals surface area (Å²) in [5, 5.41) is 0. The van der Waals surface area contributed by atoms with E-state index < -0.39 is 6.36 Å². The highest BCUT2D eigenvalue weighted by atomic mass is 19.4. The molecule has 0 aliphatic carbocycles. The van der Waals surface area contributed by atoms with Crippen LogP contribution in [0.5, 0.6) is 5.75 Å². The van der Waals surface area contributed by atoms with E-state index in [1.165, 1.54) is 44.2 Å². The first-order valence-corrected chi connectivity index (χ1v) is 8.79. The molecular weight excluding hydrogens is 327 g/mol. The molecule has 0 fully saturated rings. The second-order valence-electron chi connectivity index (χ2n) is 6.13. The van der Waals surface area contributed by atoms with Crippen molar-refractivity contribution in [2.24, 2.45) is 0 Å². The summed E-state index contributed by atoms with van der Waals surface area (Å²) in [6.45, 7) is 2.21. The fourth-order valence-electron chi connectivity index (χ4n) is 2.68. The van der Waals surface area contributed by atoms with Crippen LogP contribution in [-0.2, 0) is 6.42 Å². The summed E-state index contributed by atoms with van der Waals surface area (Å²) in [5.41, 5.74) is 2.75. The summed E-state index contributed by atoms with van der Waals surface area (Å²) in [5.74, 6) is -0.219. The van der Waals surface area contributed by atoms with Crippen LogP contribution < -0.4 is 4.74 Å². The van der Waals surface area contributed by atoms with Crippen molar-refractivity contribution < 1.29 is 17.9 Å². The van der Waals surface area contributed by atoms with E-state index in [2.05, 4.69) is 16.6 Å². The predicted octanol–water partition coefficient (Wildman–Crippen LogP) is 6.55. The van der Waals surface area contributed by atoms with Crippen molar-refractivity contribution in [2.75, 3.05) is 0 Å². The lowest BCUT2D eigenvalue weighted by molar-refractivity contribution is -0.274. The number of aryl methyl sites for hydroxylation is 1. The largest absolute Gasteiger partial charge is 0.573 e. The second kappa shape index (κ2) is 9.44. The molecule has 0 saturated carbocycles. The average molecular weight is 351 g/mol. The van der Waals surface area contributed by atoms with Crippen molar-refractivity contribution in [2.45, 2.75) is 58.2 Å². The third kappa shape index (κ3) is 7.16. The fraction of sp³-hybridized carbons (Fsp3) is 0.450. The molecule has 2 nitrogen and oxygen atoms in total. The summed E-state index contributed by atoms with van der Waals surface area (Å²) in [4.78, 5) is 4.46.